The molecule has 53 heavy (non-hydrogen) atoms. The van der Waals surface area contributed by atoms with Crippen molar-refractivity contribution in [2.45, 2.75) is 12.0 Å². The summed E-state index contributed by atoms with van der Waals surface area (Å²) in [6.07, 6.45) is 9.08. The Morgan fingerprint density at radius 1 is 0.453 bits per heavy atom. The molecule has 0 amide bonds. The zero-order valence-corrected chi connectivity index (χ0v) is 29.2. The Bertz CT molecular complexity index is 2950. The summed E-state index contributed by atoms with van der Waals surface area (Å²) in [6, 6.07) is 57.8. The fourth-order valence-electron chi connectivity index (χ4n) is 8.95. The van der Waals surface area contributed by atoms with E-state index in [0.29, 0.717) is 5.92 Å². The molecular formula is C49H35N3O. The van der Waals surface area contributed by atoms with E-state index in [4.69, 9.17) is 4.74 Å². The van der Waals surface area contributed by atoms with Crippen molar-refractivity contribution < 1.29 is 4.74 Å². The third kappa shape index (κ3) is 4.49. The van der Waals surface area contributed by atoms with Crippen LogP contribution in [-0.2, 0) is 0 Å². The van der Waals surface area contributed by atoms with Crippen LogP contribution in [0.4, 0.5) is 11.4 Å². The van der Waals surface area contributed by atoms with Gasteiger partial charge in [-0.3, -0.25) is 0 Å². The molecule has 0 radical (unpaired) electrons. The Labute approximate surface area is 307 Å². The maximum Gasteiger partial charge on any atom is 0.119 e. The van der Waals surface area contributed by atoms with Crippen molar-refractivity contribution in [2.24, 2.45) is 0 Å². The first kappa shape index (κ1) is 29.9. The molecule has 0 bridgehead atoms. The largest absolute Gasteiger partial charge is 0.497 e. The van der Waals surface area contributed by atoms with Crippen molar-refractivity contribution in [3.8, 4) is 28.3 Å². The normalized spacial score (nSPS) is 16.2. The van der Waals surface area contributed by atoms with Crippen molar-refractivity contribution in [3.05, 3.63) is 188 Å². The summed E-state index contributed by atoms with van der Waals surface area (Å²) in [4.78, 5) is 2.49. The van der Waals surface area contributed by atoms with E-state index < -0.39 is 0 Å². The molecule has 3 heterocycles. The second kappa shape index (κ2) is 11.6. The molecule has 0 spiro atoms. The van der Waals surface area contributed by atoms with Gasteiger partial charge in [0.25, 0.3) is 0 Å². The Balaban J connectivity index is 1.05. The van der Waals surface area contributed by atoms with Gasteiger partial charge in [0.05, 0.1) is 35.2 Å². The number of ether oxygens (including phenoxy) is 1. The molecule has 11 rings (SSSR count). The highest BCUT2D eigenvalue weighted by Crippen LogP contribution is 2.49. The predicted octanol–water partition coefficient (Wildman–Crippen LogP) is 12.3. The van der Waals surface area contributed by atoms with Crippen LogP contribution in [-0.4, -0.2) is 22.3 Å². The zero-order chi connectivity index (χ0) is 35.0. The van der Waals surface area contributed by atoms with Crippen molar-refractivity contribution in [3.63, 3.8) is 0 Å². The lowest BCUT2D eigenvalue weighted by atomic mass is 9.91. The van der Waals surface area contributed by atoms with Crippen LogP contribution in [0.5, 0.6) is 5.75 Å². The molecule has 2 aromatic heterocycles. The third-order valence-electron chi connectivity index (χ3n) is 11.3. The number of aromatic nitrogens is 2. The highest BCUT2D eigenvalue weighted by Gasteiger charge is 2.37. The van der Waals surface area contributed by atoms with Crippen LogP contribution in [0.1, 0.15) is 11.5 Å². The van der Waals surface area contributed by atoms with Crippen molar-refractivity contribution in [1.82, 2.24) is 9.13 Å². The average Bonchev–Trinajstić information content (AvgIpc) is 3.86. The SMILES string of the molecule is COc1ccc(-n2c3ccccc3c3cc(-c4ccc5c(c4)c4ccccc4n5-c4ccc5c(c4)C4C=CC=CC4N5c4ccccc4)ccc32)cc1. The van der Waals surface area contributed by atoms with E-state index >= 15 is 0 Å². The molecule has 1 aliphatic heterocycles. The summed E-state index contributed by atoms with van der Waals surface area (Å²) >= 11 is 0. The molecule has 4 heteroatoms. The van der Waals surface area contributed by atoms with Gasteiger partial charge in [-0.05, 0) is 108 Å². The zero-order valence-electron chi connectivity index (χ0n) is 29.2. The maximum atomic E-state index is 5.45. The van der Waals surface area contributed by atoms with Gasteiger partial charge in [-0.25, -0.2) is 0 Å². The minimum absolute atomic E-state index is 0.260. The van der Waals surface area contributed by atoms with E-state index in [1.807, 2.05) is 12.1 Å². The van der Waals surface area contributed by atoms with E-state index in [1.165, 1.54) is 77.4 Å². The molecule has 0 saturated heterocycles. The van der Waals surface area contributed by atoms with E-state index in [1.54, 1.807) is 7.11 Å². The number of allylic oxidation sites excluding steroid dienone is 2. The predicted molar refractivity (Wildman–Crippen MR) is 220 cm³/mol. The minimum atomic E-state index is 0.260. The summed E-state index contributed by atoms with van der Waals surface area (Å²) in [6.45, 7) is 0. The van der Waals surface area contributed by atoms with Gasteiger partial charge < -0.3 is 18.8 Å². The van der Waals surface area contributed by atoms with Gasteiger partial charge >= 0.3 is 0 Å². The molecule has 0 saturated carbocycles. The summed E-state index contributed by atoms with van der Waals surface area (Å²) < 4.78 is 10.2. The van der Waals surface area contributed by atoms with E-state index in [9.17, 15) is 0 Å². The van der Waals surface area contributed by atoms with Gasteiger partial charge in [-0.2, -0.15) is 0 Å². The van der Waals surface area contributed by atoms with Crippen LogP contribution in [0, 0.1) is 0 Å². The number of methoxy groups -OCH3 is 1. The summed E-state index contributed by atoms with van der Waals surface area (Å²) in [5.41, 5.74) is 13.4. The Kier molecular flexibility index (Phi) is 6.56. The monoisotopic (exact) mass is 681 g/mol. The standard InChI is InChI=1S/C49H35N3O/c1-53-37-24-21-35(22-25-37)51-44-16-8-5-13-38(44)41-29-32(19-26-47(41)51)33-20-27-48-42(30-33)39-14-6-10-18-46(39)52(48)36-23-28-49-43(31-36)40-15-7-9-17-45(40)50(49)34-11-3-2-4-12-34/h2-31,40,45H,1H3. The van der Waals surface area contributed by atoms with Crippen LogP contribution in [0.3, 0.4) is 0 Å². The van der Waals surface area contributed by atoms with Gasteiger partial charge in [-0.1, -0.05) is 91.0 Å². The Hall–Kier alpha value is -6.78. The van der Waals surface area contributed by atoms with Crippen LogP contribution >= 0.6 is 0 Å². The lowest BCUT2D eigenvalue weighted by Crippen LogP contribution is -2.28. The van der Waals surface area contributed by atoms with Gasteiger partial charge in [0.15, 0.2) is 0 Å². The van der Waals surface area contributed by atoms with Crippen molar-refractivity contribution in [2.75, 3.05) is 12.0 Å². The van der Waals surface area contributed by atoms with E-state index in [2.05, 4.69) is 184 Å². The minimum Gasteiger partial charge on any atom is -0.497 e. The number of fused-ring (bicyclic) bond motifs is 9. The Morgan fingerprint density at radius 3 is 1.68 bits per heavy atom. The summed E-state index contributed by atoms with van der Waals surface area (Å²) in [7, 11) is 1.71. The molecular weight excluding hydrogens is 647 g/mol. The fourth-order valence-corrected chi connectivity index (χ4v) is 8.95. The second-order valence-corrected chi connectivity index (χ2v) is 14.1. The van der Waals surface area contributed by atoms with Gasteiger partial charge in [0, 0.05) is 50.2 Å². The molecule has 9 aromatic rings. The number of benzene rings is 7. The van der Waals surface area contributed by atoms with Gasteiger partial charge in [0.2, 0.25) is 0 Å². The molecule has 2 atom stereocenters. The van der Waals surface area contributed by atoms with Crippen molar-refractivity contribution in [1.29, 1.82) is 0 Å². The molecule has 252 valence electrons. The average molecular weight is 682 g/mol. The summed E-state index contributed by atoms with van der Waals surface area (Å²) in [5.74, 6) is 1.15. The number of hydrogen-bond acceptors (Lipinski definition) is 2. The highest BCUT2D eigenvalue weighted by molar-refractivity contribution is 6.12. The first-order valence-electron chi connectivity index (χ1n) is 18.3. The lowest BCUT2D eigenvalue weighted by Gasteiger charge is -2.28. The van der Waals surface area contributed by atoms with E-state index in [0.717, 1.165) is 11.4 Å². The number of rotatable bonds is 5. The van der Waals surface area contributed by atoms with Crippen LogP contribution < -0.4 is 9.64 Å². The van der Waals surface area contributed by atoms with Gasteiger partial charge in [0.1, 0.15) is 5.75 Å². The topological polar surface area (TPSA) is 22.3 Å². The molecule has 2 unspecified atom stereocenters. The van der Waals surface area contributed by atoms with Crippen molar-refractivity contribution >= 4 is 55.0 Å². The third-order valence-corrected chi connectivity index (χ3v) is 11.3. The molecule has 2 aliphatic rings. The number of para-hydroxylation sites is 3. The number of hydrogen-bond donors (Lipinski definition) is 0. The molecule has 0 N–H and O–H groups in total. The molecule has 1 aliphatic carbocycles. The molecule has 0 fully saturated rings. The maximum absolute atomic E-state index is 5.45. The first-order valence-corrected chi connectivity index (χ1v) is 18.3. The van der Waals surface area contributed by atoms with E-state index in [-0.39, 0.29) is 6.04 Å². The number of anilines is 2. The quantitative estimate of drug-likeness (QED) is 0.180. The van der Waals surface area contributed by atoms with Crippen LogP contribution in [0.2, 0.25) is 0 Å². The number of nitrogens with zero attached hydrogens (tertiary/aromatic N) is 3. The fraction of sp³-hybridized carbons (Fsp3) is 0.0612. The van der Waals surface area contributed by atoms with Crippen LogP contribution in [0.15, 0.2) is 182 Å². The highest BCUT2D eigenvalue weighted by atomic mass is 16.5. The molecule has 7 aromatic carbocycles. The molecule has 4 nitrogen and oxygen atoms in total. The lowest BCUT2D eigenvalue weighted by molar-refractivity contribution is 0.415. The van der Waals surface area contributed by atoms with Gasteiger partial charge in [-0.15, -0.1) is 0 Å². The second-order valence-electron chi connectivity index (χ2n) is 14.1. The smallest absolute Gasteiger partial charge is 0.119 e. The first-order chi connectivity index (χ1) is 26.2. The Morgan fingerprint density at radius 2 is 1.02 bits per heavy atom. The van der Waals surface area contributed by atoms with Crippen LogP contribution in [0.25, 0.3) is 66.1 Å². The summed E-state index contributed by atoms with van der Waals surface area (Å²) in [5, 5.41) is 4.99.